The quantitative estimate of drug-likeness (QED) is 0.377. The molecule has 0 bridgehead atoms. The molecular weight excluding hydrogens is 402 g/mol. The Kier molecular flexibility index (Phi) is 6.08. The molecule has 2 atom stereocenters. The zero-order valence-corrected chi connectivity index (χ0v) is 18.2. The molecule has 0 N–H and O–H groups in total. The van der Waals surface area contributed by atoms with Crippen LogP contribution in [0.3, 0.4) is 0 Å². The predicted octanol–water partition coefficient (Wildman–Crippen LogP) is 4.96. The van der Waals surface area contributed by atoms with E-state index in [-0.39, 0.29) is 0 Å². The van der Waals surface area contributed by atoms with Gasteiger partial charge in [-0.15, -0.1) is 6.58 Å². The molecule has 0 amide bonds. The lowest BCUT2D eigenvalue weighted by Gasteiger charge is -2.31. The molecule has 0 radical (unpaired) electrons. The zero-order valence-electron chi connectivity index (χ0n) is 18.2. The summed E-state index contributed by atoms with van der Waals surface area (Å²) in [5.41, 5.74) is 1.28. The number of carbonyl (C=O) groups is 1. The Balaban J connectivity index is 1.88. The van der Waals surface area contributed by atoms with E-state index in [4.69, 9.17) is 19.2 Å². The topological polar surface area (TPSA) is 57.1 Å². The number of benzene rings is 3. The Bertz CT molecular complexity index is 1140. The molecule has 0 fully saturated rings. The fourth-order valence-corrected chi connectivity index (χ4v) is 4.11. The minimum absolute atomic E-state index is 0.311. The van der Waals surface area contributed by atoms with E-state index < -0.39 is 17.4 Å². The molecule has 5 nitrogen and oxygen atoms in total. The van der Waals surface area contributed by atoms with Crippen LogP contribution in [-0.4, -0.2) is 31.6 Å². The van der Waals surface area contributed by atoms with Gasteiger partial charge in [0.05, 0.1) is 14.2 Å². The van der Waals surface area contributed by atoms with Gasteiger partial charge < -0.3 is 14.2 Å². The Morgan fingerprint density at radius 3 is 2.31 bits per heavy atom. The van der Waals surface area contributed by atoms with Crippen molar-refractivity contribution in [2.75, 3.05) is 14.2 Å². The van der Waals surface area contributed by atoms with Crippen LogP contribution in [0.1, 0.15) is 22.6 Å². The van der Waals surface area contributed by atoms with Crippen LogP contribution >= 0.6 is 0 Å². The molecule has 0 aromatic heterocycles. The summed E-state index contributed by atoms with van der Waals surface area (Å²) >= 11 is 0. The number of aliphatic imine (C=N–C) groups is 1. The van der Waals surface area contributed by atoms with E-state index >= 15 is 0 Å². The molecule has 1 heterocycles. The highest BCUT2D eigenvalue weighted by molar-refractivity contribution is 6.08. The number of hydrogen-bond donors (Lipinski definition) is 0. The number of ether oxygens (including phenoxy) is 3. The second kappa shape index (κ2) is 9.10. The van der Waals surface area contributed by atoms with Crippen molar-refractivity contribution in [1.82, 2.24) is 0 Å². The average molecular weight is 428 g/mol. The molecular formula is C27H25NO4. The molecule has 0 saturated heterocycles. The van der Waals surface area contributed by atoms with Crippen LogP contribution in [-0.2, 0) is 16.0 Å². The van der Waals surface area contributed by atoms with E-state index in [0.29, 0.717) is 23.8 Å². The molecule has 1 aliphatic heterocycles. The van der Waals surface area contributed by atoms with Crippen molar-refractivity contribution in [2.24, 2.45) is 4.99 Å². The molecule has 1 aliphatic rings. The van der Waals surface area contributed by atoms with Crippen LogP contribution in [0.25, 0.3) is 0 Å². The van der Waals surface area contributed by atoms with Gasteiger partial charge in [0.25, 0.3) is 0 Å². The van der Waals surface area contributed by atoms with Crippen LogP contribution in [0.2, 0.25) is 0 Å². The molecule has 0 unspecified atom stereocenters. The minimum Gasteiger partial charge on any atom is -0.497 e. The van der Waals surface area contributed by atoms with Gasteiger partial charge in [0, 0.05) is 29.5 Å². The van der Waals surface area contributed by atoms with Gasteiger partial charge in [-0.3, -0.25) is 0 Å². The fourth-order valence-electron chi connectivity index (χ4n) is 4.11. The summed E-state index contributed by atoms with van der Waals surface area (Å²) in [4.78, 5) is 18.4. The number of cyclic esters (lactones) is 1. The first-order valence-corrected chi connectivity index (χ1v) is 10.4. The Hall–Kier alpha value is -3.86. The number of nitrogens with zero attached hydrogens (tertiary/aromatic N) is 1. The van der Waals surface area contributed by atoms with Crippen LogP contribution in [0.5, 0.6) is 11.5 Å². The van der Waals surface area contributed by atoms with Gasteiger partial charge >= 0.3 is 5.97 Å². The summed E-state index contributed by atoms with van der Waals surface area (Å²) < 4.78 is 16.7. The lowest BCUT2D eigenvalue weighted by Crippen LogP contribution is -2.42. The maximum Gasteiger partial charge on any atom is 0.342 e. The van der Waals surface area contributed by atoms with Crippen molar-refractivity contribution in [2.45, 2.75) is 17.9 Å². The van der Waals surface area contributed by atoms with Crippen molar-refractivity contribution in [3.8, 4) is 11.5 Å². The highest BCUT2D eigenvalue weighted by atomic mass is 16.6. The number of rotatable bonds is 8. The van der Waals surface area contributed by atoms with Gasteiger partial charge in [-0.2, -0.15) is 0 Å². The Labute approximate surface area is 188 Å². The molecule has 5 heteroatoms. The molecule has 0 saturated carbocycles. The first kappa shape index (κ1) is 21.4. The van der Waals surface area contributed by atoms with E-state index in [9.17, 15) is 4.79 Å². The Morgan fingerprint density at radius 1 is 1.00 bits per heavy atom. The SMILES string of the molecule is C=C[C@@H](c1ccc(OC)cc1OC)[C@@]1(Cc2ccccc2)N=C(c2ccccc2)OC1=O. The minimum atomic E-state index is -1.23. The normalized spacial score (nSPS) is 18.4. The molecule has 162 valence electrons. The lowest BCUT2D eigenvalue weighted by atomic mass is 9.75. The number of esters is 1. The average Bonchev–Trinajstić information content (AvgIpc) is 3.17. The van der Waals surface area contributed by atoms with E-state index in [1.54, 1.807) is 26.4 Å². The number of hydrogen-bond acceptors (Lipinski definition) is 5. The second-order valence-electron chi connectivity index (χ2n) is 7.58. The van der Waals surface area contributed by atoms with Gasteiger partial charge in [-0.05, 0) is 23.8 Å². The molecule has 3 aromatic rings. The van der Waals surface area contributed by atoms with E-state index in [0.717, 1.165) is 16.7 Å². The number of methoxy groups -OCH3 is 2. The lowest BCUT2D eigenvalue weighted by molar-refractivity contribution is -0.139. The van der Waals surface area contributed by atoms with Crippen LogP contribution in [0.4, 0.5) is 0 Å². The highest BCUT2D eigenvalue weighted by Crippen LogP contribution is 2.44. The summed E-state index contributed by atoms with van der Waals surface area (Å²) in [6, 6.07) is 24.8. The summed E-state index contributed by atoms with van der Waals surface area (Å²) in [5.74, 6) is 0.664. The Morgan fingerprint density at radius 2 is 1.69 bits per heavy atom. The van der Waals surface area contributed by atoms with Crippen molar-refractivity contribution < 1.29 is 19.0 Å². The summed E-state index contributed by atoms with van der Waals surface area (Å²) in [6.07, 6.45) is 2.10. The third-order valence-electron chi connectivity index (χ3n) is 5.71. The van der Waals surface area contributed by atoms with Crippen molar-refractivity contribution in [1.29, 1.82) is 0 Å². The standard InChI is InChI=1S/C27H25NO4/c1-4-23(22-16-15-21(30-2)17-24(22)31-3)27(18-19-11-7-5-8-12-19)26(29)32-25(28-27)20-13-9-6-10-14-20/h4-17,23H,1,18H2,2-3H3/t23-,27+/m0/s1. The van der Waals surface area contributed by atoms with Gasteiger partial charge in [0.1, 0.15) is 11.5 Å². The fraction of sp³-hybridized carbons (Fsp3) is 0.185. The second-order valence-corrected chi connectivity index (χ2v) is 7.58. The smallest absolute Gasteiger partial charge is 0.342 e. The highest BCUT2D eigenvalue weighted by Gasteiger charge is 2.52. The van der Waals surface area contributed by atoms with Crippen molar-refractivity contribution >= 4 is 11.9 Å². The first-order chi connectivity index (χ1) is 15.6. The summed E-state index contributed by atoms with van der Waals surface area (Å²) in [6.45, 7) is 4.06. The van der Waals surface area contributed by atoms with Crippen molar-refractivity contribution in [3.63, 3.8) is 0 Å². The number of carbonyl (C=O) groups excluding carboxylic acids is 1. The van der Waals surface area contributed by atoms with E-state index in [1.807, 2.05) is 72.8 Å². The van der Waals surface area contributed by atoms with Gasteiger partial charge in [-0.1, -0.05) is 60.7 Å². The zero-order chi connectivity index (χ0) is 22.6. The largest absolute Gasteiger partial charge is 0.497 e. The van der Waals surface area contributed by atoms with Crippen LogP contribution in [0, 0.1) is 0 Å². The summed E-state index contributed by atoms with van der Waals surface area (Å²) in [7, 11) is 3.19. The molecule has 0 aliphatic carbocycles. The van der Waals surface area contributed by atoms with E-state index in [2.05, 4.69) is 6.58 Å². The molecule has 0 spiro atoms. The van der Waals surface area contributed by atoms with E-state index in [1.165, 1.54) is 0 Å². The summed E-state index contributed by atoms with van der Waals surface area (Å²) in [5, 5.41) is 0. The maximum atomic E-state index is 13.5. The molecule has 4 rings (SSSR count). The molecule has 3 aromatic carbocycles. The van der Waals surface area contributed by atoms with Crippen LogP contribution in [0.15, 0.2) is 96.5 Å². The van der Waals surface area contributed by atoms with Crippen LogP contribution < -0.4 is 9.47 Å². The maximum absolute atomic E-state index is 13.5. The first-order valence-electron chi connectivity index (χ1n) is 10.4. The molecule has 32 heavy (non-hydrogen) atoms. The monoisotopic (exact) mass is 427 g/mol. The van der Waals surface area contributed by atoms with Gasteiger partial charge in [0.2, 0.25) is 5.90 Å². The predicted molar refractivity (Wildman–Crippen MR) is 124 cm³/mol. The third kappa shape index (κ3) is 3.89. The third-order valence-corrected chi connectivity index (χ3v) is 5.71. The van der Waals surface area contributed by atoms with Gasteiger partial charge in [0.15, 0.2) is 5.54 Å². The van der Waals surface area contributed by atoms with Gasteiger partial charge in [-0.25, -0.2) is 9.79 Å². The van der Waals surface area contributed by atoms with Crippen molar-refractivity contribution in [3.05, 3.63) is 108 Å².